The second-order valence-corrected chi connectivity index (χ2v) is 22.2. The SMILES string of the molecule is C=CCNC(=O)/C=C/C(=C/c1ccc(Cl)cc1)c1ccc(Cl)cc1Cl.O=C1NC[C@H]2C[C@@H](c3ccc(Cl)cc3)C(c3ccc(Cl)cc3Cl)=C[C@@H]12.O=C1NC[C@H]2C[C@H](c3ccc(Cl)cc3)C(c3ccc(Cl)cc3Cl)=C[C@@H]12. The molecule has 2 aliphatic carbocycles. The van der Waals surface area contributed by atoms with Crippen molar-refractivity contribution in [3.63, 3.8) is 0 Å². The van der Waals surface area contributed by atoms with Gasteiger partial charge in [-0.25, -0.2) is 0 Å². The zero-order chi connectivity index (χ0) is 53.3. The summed E-state index contributed by atoms with van der Waals surface area (Å²) in [6.45, 7) is 5.43. The minimum atomic E-state index is -0.216. The van der Waals surface area contributed by atoms with E-state index in [1.165, 1.54) is 17.2 Å². The summed E-state index contributed by atoms with van der Waals surface area (Å²) in [7, 11) is 0. The van der Waals surface area contributed by atoms with Crippen LogP contribution in [-0.2, 0) is 14.4 Å². The Morgan fingerprint density at radius 1 is 0.533 bits per heavy atom. The Morgan fingerprint density at radius 3 is 1.37 bits per heavy atom. The molecule has 384 valence electrons. The van der Waals surface area contributed by atoms with E-state index in [0.29, 0.717) is 63.6 Å². The molecule has 2 saturated heterocycles. The van der Waals surface area contributed by atoms with Gasteiger partial charge in [0.25, 0.3) is 0 Å². The maximum atomic E-state index is 12.2. The van der Waals surface area contributed by atoms with Gasteiger partial charge in [-0.2, -0.15) is 0 Å². The normalized spacial score (nSPS) is 20.7. The van der Waals surface area contributed by atoms with E-state index in [4.69, 9.17) is 104 Å². The number of nitrogens with one attached hydrogen (secondary N) is 3. The lowest BCUT2D eigenvalue weighted by Crippen LogP contribution is -2.23. The van der Waals surface area contributed by atoms with Gasteiger partial charge in [0.2, 0.25) is 17.7 Å². The van der Waals surface area contributed by atoms with E-state index < -0.39 is 0 Å². The molecule has 2 fully saturated rings. The molecule has 10 rings (SSSR count). The van der Waals surface area contributed by atoms with Crippen molar-refractivity contribution in [2.75, 3.05) is 19.6 Å². The van der Waals surface area contributed by atoms with Crippen molar-refractivity contribution < 1.29 is 14.4 Å². The summed E-state index contributed by atoms with van der Waals surface area (Å²) in [5, 5.41) is 14.2. The van der Waals surface area contributed by atoms with Crippen molar-refractivity contribution in [2.45, 2.75) is 24.7 Å². The minimum absolute atomic E-state index is 0.0923. The number of carbonyl (C=O) groups excluding carboxylic acids is 3. The second kappa shape index (κ2) is 25.9. The van der Waals surface area contributed by atoms with Crippen LogP contribution in [0.15, 0.2) is 164 Å². The first-order valence-electron chi connectivity index (χ1n) is 23.9. The molecule has 6 nitrogen and oxygen atoms in total. The molecule has 75 heavy (non-hydrogen) atoms. The standard InChI is InChI=1S/3C20H16Cl3NO/c2*21-13-3-1-11(2-4-13)16-7-12-10-24-20(25)17(12)9-18(16)15-6-5-14(22)8-19(15)23;1-2-11-24-20(25)10-5-15(12-14-3-6-16(21)7-4-14)18-9-8-17(22)13-19(18)23/h2*1-6,8-9,12,16-17H,7,10H2,(H,24,25);2-10,12-13H,1,11H2,(H,24,25)/b;;10-5+,15-12-/t12-,16+,17-;12-,16-,17-;/m11./s1. The largest absolute Gasteiger partial charge is 0.355 e. The number of fused-ring (bicyclic) bond motifs is 2. The van der Waals surface area contributed by atoms with Gasteiger partial charge in [0.05, 0.1) is 11.8 Å². The maximum Gasteiger partial charge on any atom is 0.244 e. The quantitative estimate of drug-likeness (QED) is 0.0553. The van der Waals surface area contributed by atoms with Crippen LogP contribution in [0.3, 0.4) is 0 Å². The average Bonchev–Trinajstić information content (AvgIpc) is 3.95. The molecule has 15 heteroatoms. The van der Waals surface area contributed by atoms with Gasteiger partial charge in [-0.3, -0.25) is 14.4 Å². The molecule has 6 atom stereocenters. The fourth-order valence-electron chi connectivity index (χ4n) is 9.84. The van der Waals surface area contributed by atoms with E-state index in [-0.39, 0.29) is 41.4 Å². The highest BCUT2D eigenvalue weighted by Crippen LogP contribution is 2.49. The molecule has 6 aromatic carbocycles. The van der Waals surface area contributed by atoms with Crippen molar-refractivity contribution in [3.8, 4) is 0 Å². The van der Waals surface area contributed by atoms with E-state index in [9.17, 15) is 14.4 Å². The van der Waals surface area contributed by atoms with Crippen LogP contribution < -0.4 is 16.0 Å². The Labute approximate surface area is 482 Å². The molecular formula is C60H48Cl9N3O3. The van der Waals surface area contributed by atoms with E-state index in [0.717, 1.165) is 64.9 Å². The minimum Gasteiger partial charge on any atom is -0.355 e. The number of halogens is 9. The summed E-state index contributed by atoms with van der Waals surface area (Å²) in [6.07, 6.45) is 12.7. The van der Waals surface area contributed by atoms with Crippen molar-refractivity contribution in [3.05, 3.63) is 243 Å². The van der Waals surface area contributed by atoms with Gasteiger partial charge in [0, 0.05) is 88.3 Å². The summed E-state index contributed by atoms with van der Waals surface area (Å²) in [4.78, 5) is 36.2. The van der Waals surface area contributed by atoms with E-state index in [1.54, 1.807) is 48.6 Å². The molecule has 3 amide bonds. The van der Waals surface area contributed by atoms with Gasteiger partial charge in [-0.1, -0.05) is 177 Å². The first-order chi connectivity index (χ1) is 36.0. The number of allylic oxidation sites excluding steroid dienone is 4. The zero-order valence-electron chi connectivity index (χ0n) is 39.9. The summed E-state index contributed by atoms with van der Waals surface area (Å²) in [6, 6.07) is 39.5. The fraction of sp³-hybridized carbons (Fsp3) is 0.183. The summed E-state index contributed by atoms with van der Waals surface area (Å²) >= 11 is 55.4. The third-order valence-corrected chi connectivity index (χ3v) is 15.9. The number of carbonyl (C=O) groups is 3. The average molecular weight is 1180 g/mol. The molecule has 3 N–H and O–H groups in total. The molecule has 0 aromatic heterocycles. The molecule has 0 spiro atoms. The Hall–Kier alpha value is -4.96. The molecule has 0 radical (unpaired) electrons. The zero-order valence-corrected chi connectivity index (χ0v) is 46.7. The molecule has 0 unspecified atom stereocenters. The Morgan fingerprint density at radius 2 is 0.947 bits per heavy atom. The molecular weight excluding hydrogens is 1130 g/mol. The van der Waals surface area contributed by atoms with Crippen LogP contribution in [0.5, 0.6) is 0 Å². The predicted molar refractivity (Wildman–Crippen MR) is 315 cm³/mol. The van der Waals surface area contributed by atoms with Crippen LogP contribution in [0, 0.1) is 23.7 Å². The predicted octanol–water partition coefficient (Wildman–Crippen LogP) is 17.2. The maximum absolute atomic E-state index is 12.2. The summed E-state index contributed by atoms with van der Waals surface area (Å²) in [5.41, 5.74) is 8.88. The first-order valence-corrected chi connectivity index (χ1v) is 27.4. The van der Waals surface area contributed by atoms with Gasteiger partial charge in [0.15, 0.2) is 0 Å². The lowest BCUT2D eigenvalue weighted by atomic mass is 9.71. The van der Waals surface area contributed by atoms with Crippen LogP contribution in [0.2, 0.25) is 45.2 Å². The first kappa shape index (κ1) is 56.2. The summed E-state index contributed by atoms with van der Waals surface area (Å²) in [5.74, 6) is 0.757. The van der Waals surface area contributed by atoms with E-state index in [1.807, 2.05) is 72.8 Å². The molecule has 6 aromatic rings. The van der Waals surface area contributed by atoms with Gasteiger partial charge in [0.1, 0.15) is 0 Å². The van der Waals surface area contributed by atoms with E-state index >= 15 is 0 Å². The van der Waals surface area contributed by atoms with Gasteiger partial charge in [-0.15, -0.1) is 6.58 Å². The number of hydrogen-bond donors (Lipinski definition) is 3. The molecule has 0 bridgehead atoms. The highest BCUT2D eigenvalue weighted by molar-refractivity contribution is 6.37. The fourth-order valence-corrected chi connectivity index (χ4v) is 11.8. The number of hydrogen-bond acceptors (Lipinski definition) is 3. The third-order valence-electron chi connectivity index (χ3n) is 13.5. The van der Waals surface area contributed by atoms with Crippen LogP contribution in [-0.4, -0.2) is 37.4 Å². The lowest BCUT2D eigenvalue weighted by molar-refractivity contribution is -0.122. The van der Waals surface area contributed by atoms with Crippen LogP contribution >= 0.6 is 104 Å². The smallest absolute Gasteiger partial charge is 0.244 e. The molecule has 0 saturated carbocycles. The number of rotatable bonds is 10. The van der Waals surface area contributed by atoms with Crippen molar-refractivity contribution in [2.24, 2.45) is 23.7 Å². The molecule has 2 aliphatic heterocycles. The topological polar surface area (TPSA) is 87.3 Å². The number of amides is 3. The monoisotopic (exact) mass is 1170 g/mol. The van der Waals surface area contributed by atoms with Crippen LogP contribution in [0.1, 0.15) is 58.1 Å². The Kier molecular flexibility index (Phi) is 19.4. The molecule has 4 aliphatic rings. The van der Waals surface area contributed by atoms with Crippen LogP contribution in [0.25, 0.3) is 22.8 Å². The third kappa shape index (κ3) is 14.4. The second-order valence-electron chi connectivity index (χ2n) is 18.4. The van der Waals surface area contributed by atoms with E-state index in [2.05, 4.69) is 58.9 Å². The molecule has 2 heterocycles. The summed E-state index contributed by atoms with van der Waals surface area (Å²) < 4.78 is 0. The van der Waals surface area contributed by atoms with Gasteiger partial charge in [-0.05, 0) is 154 Å². The van der Waals surface area contributed by atoms with Crippen molar-refractivity contribution in [1.82, 2.24) is 16.0 Å². The van der Waals surface area contributed by atoms with Gasteiger partial charge >= 0.3 is 0 Å². The lowest BCUT2D eigenvalue weighted by Gasteiger charge is -2.31. The highest BCUT2D eigenvalue weighted by atomic mass is 35.5. The highest BCUT2D eigenvalue weighted by Gasteiger charge is 2.42. The van der Waals surface area contributed by atoms with Crippen molar-refractivity contribution >= 4 is 145 Å². The Balaban J connectivity index is 0.000000149. The Bertz CT molecular complexity index is 3080. The van der Waals surface area contributed by atoms with Crippen molar-refractivity contribution in [1.29, 1.82) is 0 Å². The van der Waals surface area contributed by atoms with Gasteiger partial charge < -0.3 is 16.0 Å². The number of benzene rings is 6. The van der Waals surface area contributed by atoms with Crippen LogP contribution in [0.4, 0.5) is 0 Å².